The van der Waals surface area contributed by atoms with Crippen LogP contribution in [0.25, 0.3) is 61.7 Å². The number of nitrogens with zero attached hydrogens (tertiary/aromatic N) is 2. The molecule has 2 heterocycles. The number of aromatic nitrogens is 2. The summed E-state index contributed by atoms with van der Waals surface area (Å²) >= 11 is 0. The van der Waals surface area contributed by atoms with Crippen LogP contribution >= 0.6 is 0 Å². The Kier molecular flexibility index (Phi) is 7.80. The van der Waals surface area contributed by atoms with Crippen LogP contribution in [-0.4, -0.2) is 9.97 Å². The molecule has 0 spiro atoms. The van der Waals surface area contributed by atoms with E-state index in [0.29, 0.717) is 5.82 Å². The fourth-order valence-electron chi connectivity index (χ4n) is 5.46. The number of rotatable bonds is 8. The first-order valence-corrected chi connectivity index (χ1v) is 14.4. The first-order valence-electron chi connectivity index (χ1n) is 14.4. The van der Waals surface area contributed by atoms with Crippen LogP contribution in [0.2, 0.25) is 0 Å². The molecule has 0 fully saturated rings. The average molecular weight is 557 g/mol. The SMILES string of the molecule is C=Cc1oc2ccccc2c1/C(=C\C)C(=C)/C=C\C(=C/C)c1ccc2nc(-c3ccccc3)nc(-c3ccccc3)c2c1. The average Bonchev–Trinajstić information content (AvgIpc) is 3.44. The number of hydrogen-bond acceptors (Lipinski definition) is 3. The molecule has 3 heteroatoms. The highest BCUT2D eigenvalue weighted by atomic mass is 16.3. The van der Waals surface area contributed by atoms with Gasteiger partial charge in [-0.05, 0) is 60.4 Å². The molecule has 6 rings (SSSR count). The van der Waals surface area contributed by atoms with E-state index in [1.165, 1.54) is 0 Å². The van der Waals surface area contributed by atoms with E-state index in [4.69, 9.17) is 14.4 Å². The third kappa shape index (κ3) is 5.41. The minimum atomic E-state index is 0.715. The monoisotopic (exact) mass is 556 g/mol. The van der Waals surface area contributed by atoms with Crippen LogP contribution in [0, 0.1) is 0 Å². The number of allylic oxidation sites excluding steroid dienone is 7. The Bertz CT molecular complexity index is 2060. The molecule has 0 saturated carbocycles. The molecular weight excluding hydrogens is 524 g/mol. The molecule has 0 unspecified atom stereocenters. The van der Waals surface area contributed by atoms with Crippen molar-refractivity contribution in [3.63, 3.8) is 0 Å². The van der Waals surface area contributed by atoms with Gasteiger partial charge in [-0.2, -0.15) is 0 Å². The van der Waals surface area contributed by atoms with Gasteiger partial charge in [-0.25, -0.2) is 9.97 Å². The highest BCUT2D eigenvalue weighted by molar-refractivity contribution is 6.00. The number of furan rings is 1. The molecular formula is C40H32N2O. The van der Waals surface area contributed by atoms with Gasteiger partial charge < -0.3 is 4.42 Å². The van der Waals surface area contributed by atoms with Gasteiger partial charge in [0.05, 0.1) is 11.2 Å². The van der Waals surface area contributed by atoms with E-state index < -0.39 is 0 Å². The standard InChI is InChI=1S/C40H32N2O/c1-5-28(23-22-27(4)32(6-2)38-33-20-14-15-21-37(33)43-36(38)7-3)31-24-25-35-34(26-31)39(29-16-10-8-11-17-29)42-40(41-35)30-18-12-9-13-19-30/h5-26H,3-4H2,1-2H3/b23-22-,28-5+,32-6-. The molecule has 0 aliphatic rings. The van der Waals surface area contributed by atoms with Crippen molar-refractivity contribution < 1.29 is 4.42 Å². The highest BCUT2D eigenvalue weighted by Gasteiger charge is 2.17. The number of hydrogen-bond donors (Lipinski definition) is 0. The van der Waals surface area contributed by atoms with E-state index in [1.807, 2.05) is 73.7 Å². The van der Waals surface area contributed by atoms with E-state index in [0.717, 1.165) is 72.3 Å². The summed E-state index contributed by atoms with van der Waals surface area (Å²) in [6.45, 7) is 12.5. The van der Waals surface area contributed by atoms with E-state index in [2.05, 4.69) is 80.8 Å². The fraction of sp³-hybridized carbons (Fsp3) is 0.0500. The summed E-state index contributed by atoms with van der Waals surface area (Å²) in [6, 6.07) is 34.9. The third-order valence-electron chi connectivity index (χ3n) is 7.60. The van der Waals surface area contributed by atoms with Crippen molar-refractivity contribution in [2.75, 3.05) is 0 Å². The van der Waals surface area contributed by atoms with Gasteiger partial charge in [0.15, 0.2) is 5.82 Å². The van der Waals surface area contributed by atoms with Gasteiger partial charge >= 0.3 is 0 Å². The van der Waals surface area contributed by atoms with E-state index in [9.17, 15) is 0 Å². The lowest BCUT2D eigenvalue weighted by atomic mass is 9.94. The van der Waals surface area contributed by atoms with E-state index >= 15 is 0 Å². The van der Waals surface area contributed by atoms with Gasteiger partial charge in [-0.3, -0.25) is 0 Å². The fourth-order valence-corrected chi connectivity index (χ4v) is 5.46. The van der Waals surface area contributed by atoms with Crippen molar-refractivity contribution >= 4 is 39.1 Å². The first kappa shape index (κ1) is 27.6. The summed E-state index contributed by atoms with van der Waals surface area (Å²) in [4.78, 5) is 10.0. The molecule has 0 N–H and O–H groups in total. The molecule has 6 aromatic rings. The molecule has 0 amide bonds. The number of para-hydroxylation sites is 1. The lowest BCUT2D eigenvalue weighted by Gasteiger charge is -2.12. The largest absolute Gasteiger partial charge is 0.456 e. The molecule has 4 aromatic carbocycles. The summed E-state index contributed by atoms with van der Waals surface area (Å²) < 4.78 is 6.08. The van der Waals surface area contributed by atoms with Gasteiger partial charge in [0.25, 0.3) is 0 Å². The molecule has 43 heavy (non-hydrogen) atoms. The zero-order valence-electron chi connectivity index (χ0n) is 24.4. The maximum Gasteiger partial charge on any atom is 0.160 e. The van der Waals surface area contributed by atoms with Crippen molar-refractivity contribution in [2.24, 2.45) is 0 Å². The molecule has 208 valence electrons. The van der Waals surface area contributed by atoms with Crippen LogP contribution in [0.4, 0.5) is 0 Å². The zero-order valence-corrected chi connectivity index (χ0v) is 24.4. The highest BCUT2D eigenvalue weighted by Crippen LogP contribution is 2.36. The van der Waals surface area contributed by atoms with Crippen LogP contribution in [0.15, 0.2) is 151 Å². The van der Waals surface area contributed by atoms with Gasteiger partial charge in [0, 0.05) is 27.5 Å². The van der Waals surface area contributed by atoms with Crippen LogP contribution in [0.5, 0.6) is 0 Å². The second-order valence-electron chi connectivity index (χ2n) is 10.2. The molecule has 0 bridgehead atoms. The molecule has 0 radical (unpaired) electrons. The second-order valence-corrected chi connectivity index (χ2v) is 10.2. The zero-order chi connectivity index (χ0) is 29.8. The normalized spacial score (nSPS) is 12.3. The predicted octanol–water partition coefficient (Wildman–Crippen LogP) is 11.0. The summed E-state index contributed by atoms with van der Waals surface area (Å²) in [5.74, 6) is 1.46. The molecule has 0 aliphatic heterocycles. The van der Waals surface area contributed by atoms with Crippen LogP contribution < -0.4 is 0 Å². The summed E-state index contributed by atoms with van der Waals surface area (Å²) in [5.41, 5.74) is 9.76. The van der Waals surface area contributed by atoms with Crippen molar-refractivity contribution in [1.29, 1.82) is 0 Å². The van der Waals surface area contributed by atoms with E-state index in [1.54, 1.807) is 6.08 Å². The Morgan fingerprint density at radius 3 is 2.12 bits per heavy atom. The molecule has 0 aliphatic carbocycles. The van der Waals surface area contributed by atoms with Crippen LogP contribution in [-0.2, 0) is 0 Å². The number of fused-ring (bicyclic) bond motifs is 2. The maximum absolute atomic E-state index is 6.08. The Morgan fingerprint density at radius 2 is 1.42 bits per heavy atom. The van der Waals surface area contributed by atoms with Crippen LogP contribution in [0.1, 0.15) is 30.7 Å². The first-order chi connectivity index (χ1) is 21.1. The summed E-state index contributed by atoms with van der Waals surface area (Å²) in [7, 11) is 0. The minimum absolute atomic E-state index is 0.715. The molecule has 0 atom stereocenters. The Labute approximate surface area is 252 Å². The Balaban J connectivity index is 1.39. The third-order valence-corrected chi connectivity index (χ3v) is 7.60. The predicted molar refractivity (Wildman–Crippen MR) is 182 cm³/mol. The van der Waals surface area contributed by atoms with Crippen molar-refractivity contribution in [3.05, 3.63) is 163 Å². The lowest BCUT2D eigenvalue weighted by Crippen LogP contribution is -1.96. The van der Waals surface area contributed by atoms with Crippen molar-refractivity contribution in [1.82, 2.24) is 9.97 Å². The number of benzene rings is 4. The van der Waals surface area contributed by atoms with Gasteiger partial charge in [-0.15, -0.1) is 0 Å². The van der Waals surface area contributed by atoms with Crippen molar-refractivity contribution in [3.8, 4) is 22.6 Å². The second kappa shape index (κ2) is 12.1. The Hall–Kier alpha value is -5.54. The lowest BCUT2D eigenvalue weighted by molar-refractivity contribution is 0.603. The van der Waals surface area contributed by atoms with Gasteiger partial charge in [-0.1, -0.05) is 122 Å². The van der Waals surface area contributed by atoms with Gasteiger partial charge in [0.1, 0.15) is 11.3 Å². The topological polar surface area (TPSA) is 38.9 Å². The van der Waals surface area contributed by atoms with E-state index in [-0.39, 0.29) is 0 Å². The van der Waals surface area contributed by atoms with Crippen molar-refractivity contribution in [2.45, 2.75) is 13.8 Å². The quantitative estimate of drug-likeness (QED) is 0.175. The molecule has 0 saturated heterocycles. The van der Waals surface area contributed by atoms with Crippen LogP contribution in [0.3, 0.4) is 0 Å². The summed E-state index contributed by atoms with van der Waals surface area (Å²) in [6.07, 6.45) is 10.1. The smallest absolute Gasteiger partial charge is 0.160 e. The minimum Gasteiger partial charge on any atom is -0.456 e. The van der Waals surface area contributed by atoms with Gasteiger partial charge in [0.2, 0.25) is 0 Å². The molecule has 2 aromatic heterocycles. The Morgan fingerprint density at radius 1 is 0.721 bits per heavy atom. The summed E-state index contributed by atoms with van der Waals surface area (Å²) in [5, 5.41) is 2.05. The maximum atomic E-state index is 6.08. The molecule has 3 nitrogen and oxygen atoms in total.